The molecular weight excluding hydrogens is 416 g/mol. The molecule has 1 aliphatic rings. The molecule has 0 unspecified atom stereocenters. The summed E-state index contributed by atoms with van der Waals surface area (Å²) in [6, 6.07) is 19.0. The van der Waals surface area contributed by atoms with Gasteiger partial charge in [-0.2, -0.15) is 4.31 Å². The van der Waals surface area contributed by atoms with E-state index in [0.29, 0.717) is 23.9 Å². The maximum absolute atomic E-state index is 12.7. The Morgan fingerprint density at radius 3 is 2.30 bits per heavy atom. The van der Waals surface area contributed by atoms with Gasteiger partial charge >= 0.3 is 0 Å². The fraction of sp³-hybridized carbons (Fsp3) is 0.409. The smallest absolute Gasteiger partial charge is 0.243 e. The van der Waals surface area contributed by atoms with Gasteiger partial charge in [0.25, 0.3) is 0 Å². The monoisotopic (exact) mass is 446 g/mol. The van der Waals surface area contributed by atoms with E-state index < -0.39 is 10.0 Å². The van der Waals surface area contributed by atoms with Crippen molar-refractivity contribution in [3.8, 4) is 0 Å². The average molecular weight is 447 g/mol. The number of nitrogens with zero attached hydrogens (tertiary/aromatic N) is 2. The summed E-state index contributed by atoms with van der Waals surface area (Å²) in [7, 11) is -1.61. The quantitative estimate of drug-likeness (QED) is 0.282. The molecule has 0 saturated carbocycles. The largest absolute Gasteiger partial charge is 0.356 e. The zero-order chi connectivity index (χ0) is 21.2. The maximum Gasteiger partial charge on any atom is 0.243 e. The fourth-order valence-electron chi connectivity index (χ4n) is 3.41. The van der Waals surface area contributed by atoms with Gasteiger partial charge in [0.1, 0.15) is 0 Å². The van der Waals surface area contributed by atoms with Gasteiger partial charge in [-0.15, -0.1) is 11.8 Å². The van der Waals surface area contributed by atoms with Crippen LogP contribution in [-0.2, 0) is 10.0 Å². The molecule has 0 aliphatic carbocycles. The predicted octanol–water partition coefficient (Wildman–Crippen LogP) is 3.04. The van der Waals surface area contributed by atoms with Crippen molar-refractivity contribution >= 4 is 27.7 Å². The Balaban J connectivity index is 1.37. The number of guanidine groups is 1. The standard InChI is InChI=1S/C22H30N4O2S2/c1-23-22(24-14-17-29-20-8-4-2-5-9-20)25-18-19-12-15-26(16-13-19)30(27,28)21-10-6-3-7-11-21/h2-11,19H,12-18H2,1H3,(H2,23,24,25). The molecule has 1 aliphatic heterocycles. The van der Waals surface area contributed by atoms with E-state index in [1.54, 1.807) is 35.6 Å². The molecule has 3 rings (SSSR count). The molecule has 0 aromatic heterocycles. The second-order valence-corrected chi connectivity index (χ2v) is 10.3. The SMILES string of the molecule is CN=C(NCCSc1ccccc1)NCC1CCN(S(=O)(=O)c2ccccc2)CC1. The zero-order valence-corrected chi connectivity index (χ0v) is 19.0. The maximum atomic E-state index is 12.7. The number of thioether (sulfide) groups is 1. The van der Waals surface area contributed by atoms with Crippen LogP contribution in [0.1, 0.15) is 12.8 Å². The molecule has 8 heteroatoms. The Labute approximate surface area is 184 Å². The number of sulfonamides is 1. The molecule has 1 heterocycles. The van der Waals surface area contributed by atoms with Crippen molar-refractivity contribution in [3.05, 3.63) is 60.7 Å². The summed E-state index contributed by atoms with van der Waals surface area (Å²) in [5, 5.41) is 6.73. The molecule has 0 amide bonds. The van der Waals surface area contributed by atoms with Crippen LogP contribution in [0.3, 0.4) is 0 Å². The minimum Gasteiger partial charge on any atom is -0.356 e. The predicted molar refractivity (Wildman–Crippen MR) is 124 cm³/mol. The lowest BCUT2D eigenvalue weighted by Gasteiger charge is -2.31. The van der Waals surface area contributed by atoms with Crippen LogP contribution in [0.25, 0.3) is 0 Å². The average Bonchev–Trinajstić information content (AvgIpc) is 2.80. The molecule has 0 radical (unpaired) electrons. The molecule has 2 aromatic carbocycles. The van der Waals surface area contributed by atoms with Gasteiger partial charge in [-0.25, -0.2) is 8.42 Å². The van der Waals surface area contributed by atoms with Gasteiger partial charge in [-0.3, -0.25) is 4.99 Å². The van der Waals surface area contributed by atoms with E-state index in [0.717, 1.165) is 37.6 Å². The van der Waals surface area contributed by atoms with Crippen LogP contribution in [0, 0.1) is 5.92 Å². The van der Waals surface area contributed by atoms with Crippen LogP contribution in [0.15, 0.2) is 75.4 Å². The van der Waals surface area contributed by atoms with E-state index in [4.69, 9.17) is 0 Å². The van der Waals surface area contributed by atoms with Crippen molar-refractivity contribution in [1.82, 2.24) is 14.9 Å². The first-order chi connectivity index (χ1) is 14.6. The highest BCUT2D eigenvalue weighted by Gasteiger charge is 2.29. The first-order valence-corrected chi connectivity index (χ1v) is 12.7. The minimum atomic E-state index is -3.38. The van der Waals surface area contributed by atoms with Gasteiger partial charge in [0.15, 0.2) is 5.96 Å². The highest BCUT2D eigenvalue weighted by molar-refractivity contribution is 7.99. The van der Waals surface area contributed by atoms with Crippen molar-refractivity contribution in [2.75, 3.05) is 39.0 Å². The Bertz CT molecular complexity index is 897. The van der Waals surface area contributed by atoms with E-state index in [2.05, 4.69) is 27.8 Å². The van der Waals surface area contributed by atoms with Crippen LogP contribution in [0.4, 0.5) is 0 Å². The number of hydrogen-bond acceptors (Lipinski definition) is 4. The molecule has 6 nitrogen and oxygen atoms in total. The number of hydrogen-bond donors (Lipinski definition) is 2. The van der Waals surface area contributed by atoms with Gasteiger partial charge in [-0.05, 0) is 43.0 Å². The van der Waals surface area contributed by atoms with Crippen molar-refractivity contribution < 1.29 is 8.42 Å². The van der Waals surface area contributed by atoms with Crippen LogP contribution in [0.2, 0.25) is 0 Å². The number of rotatable bonds is 8. The Morgan fingerprint density at radius 1 is 1.03 bits per heavy atom. The summed E-state index contributed by atoms with van der Waals surface area (Å²) in [6.07, 6.45) is 1.69. The molecule has 0 spiro atoms. The first kappa shape index (κ1) is 22.7. The molecule has 162 valence electrons. The third-order valence-electron chi connectivity index (χ3n) is 5.14. The van der Waals surface area contributed by atoms with Gasteiger partial charge in [-0.1, -0.05) is 36.4 Å². The Hall–Kier alpha value is -2.03. The topological polar surface area (TPSA) is 73.8 Å². The lowest BCUT2D eigenvalue weighted by molar-refractivity contribution is 0.273. The molecule has 0 atom stereocenters. The van der Waals surface area contributed by atoms with Crippen LogP contribution in [0.5, 0.6) is 0 Å². The number of nitrogens with one attached hydrogen (secondary N) is 2. The molecular formula is C22H30N4O2S2. The molecule has 2 aromatic rings. The van der Waals surface area contributed by atoms with Crippen molar-refractivity contribution in [2.24, 2.45) is 10.9 Å². The molecule has 1 saturated heterocycles. The van der Waals surface area contributed by atoms with Gasteiger partial charge in [0, 0.05) is 43.9 Å². The molecule has 1 fully saturated rings. The van der Waals surface area contributed by atoms with Crippen LogP contribution in [-0.4, -0.2) is 57.7 Å². The van der Waals surface area contributed by atoms with Crippen molar-refractivity contribution in [3.63, 3.8) is 0 Å². The molecule has 2 N–H and O–H groups in total. The summed E-state index contributed by atoms with van der Waals surface area (Å²) >= 11 is 1.81. The lowest BCUT2D eigenvalue weighted by atomic mass is 9.98. The fourth-order valence-corrected chi connectivity index (χ4v) is 5.69. The second kappa shape index (κ2) is 11.4. The summed E-state index contributed by atoms with van der Waals surface area (Å²) < 4.78 is 27.1. The third-order valence-corrected chi connectivity index (χ3v) is 8.07. The minimum absolute atomic E-state index is 0.375. The zero-order valence-electron chi connectivity index (χ0n) is 17.3. The van der Waals surface area contributed by atoms with Crippen molar-refractivity contribution in [2.45, 2.75) is 22.6 Å². The number of benzene rings is 2. The first-order valence-electron chi connectivity index (χ1n) is 10.3. The van der Waals surface area contributed by atoms with Gasteiger partial charge in [0.05, 0.1) is 4.90 Å². The number of piperidine rings is 1. The normalized spacial score (nSPS) is 16.4. The van der Waals surface area contributed by atoms with Gasteiger partial charge in [0.2, 0.25) is 10.0 Å². The summed E-state index contributed by atoms with van der Waals surface area (Å²) in [4.78, 5) is 5.93. The van der Waals surface area contributed by atoms with E-state index in [-0.39, 0.29) is 0 Å². The highest BCUT2D eigenvalue weighted by atomic mass is 32.2. The summed E-state index contributed by atoms with van der Waals surface area (Å²) in [6.45, 7) is 2.74. The van der Waals surface area contributed by atoms with E-state index in [1.807, 2.05) is 36.0 Å². The van der Waals surface area contributed by atoms with Crippen LogP contribution >= 0.6 is 11.8 Å². The van der Waals surface area contributed by atoms with E-state index in [9.17, 15) is 8.42 Å². The lowest BCUT2D eigenvalue weighted by Crippen LogP contribution is -2.44. The van der Waals surface area contributed by atoms with E-state index >= 15 is 0 Å². The molecule has 0 bridgehead atoms. The van der Waals surface area contributed by atoms with Crippen LogP contribution < -0.4 is 10.6 Å². The summed E-state index contributed by atoms with van der Waals surface area (Å²) in [5.41, 5.74) is 0. The Morgan fingerprint density at radius 2 is 1.67 bits per heavy atom. The number of aliphatic imine (C=N–C) groups is 1. The summed E-state index contributed by atoms with van der Waals surface area (Å²) in [5.74, 6) is 2.19. The van der Waals surface area contributed by atoms with Gasteiger partial charge < -0.3 is 10.6 Å². The third kappa shape index (κ3) is 6.48. The molecule has 30 heavy (non-hydrogen) atoms. The van der Waals surface area contributed by atoms with Crippen molar-refractivity contribution in [1.29, 1.82) is 0 Å². The second-order valence-electron chi connectivity index (χ2n) is 7.20. The highest BCUT2D eigenvalue weighted by Crippen LogP contribution is 2.23. The van der Waals surface area contributed by atoms with E-state index in [1.165, 1.54) is 4.90 Å². The Kier molecular flexibility index (Phi) is 8.60.